The summed E-state index contributed by atoms with van der Waals surface area (Å²) in [5.74, 6) is 1.34. The minimum atomic E-state index is -4.47. The highest BCUT2D eigenvalue weighted by Gasteiger charge is 2.43. The van der Waals surface area contributed by atoms with Crippen molar-refractivity contribution in [2.24, 2.45) is 0 Å². The zero-order valence-corrected chi connectivity index (χ0v) is 18.0. The molecule has 1 aliphatic carbocycles. The van der Waals surface area contributed by atoms with Crippen LogP contribution in [0.1, 0.15) is 63.0 Å². The third kappa shape index (κ3) is 3.64. The maximum Gasteiger partial charge on any atom is 0.417 e. The van der Waals surface area contributed by atoms with Crippen molar-refractivity contribution >= 4 is 5.69 Å². The lowest BCUT2D eigenvalue weighted by molar-refractivity contribution is -0.137. The van der Waals surface area contributed by atoms with Crippen LogP contribution in [0, 0.1) is 0 Å². The molecule has 1 fully saturated rings. The molecule has 2 aromatic rings. The molecule has 3 aliphatic rings. The van der Waals surface area contributed by atoms with Gasteiger partial charge in [0.25, 0.3) is 0 Å². The first kappa shape index (κ1) is 20.5. The molecule has 0 unspecified atom stereocenters. The number of anilines is 1. The van der Waals surface area contributed by atoms with Gasteiger partial charge in [-0.15, -0.1) is 0 Å². The van der Waals surface area contributed by atoms with E-state index in [9.17, 15) is 13.2 Å². The van der Waals surface area contributed by atoms with Gasteiger partial charge in [0.05, 0.1) is 24.0 Å². The first-order chi connectivity index (χ1) is 14.8. The van der Waals surface area contributed by atoms with Gasteiger partial charge in [0.15, 0.2) is 0 Å². The second-order valence-electron chi connectivity index (χ2n) is 9.14. The Labute approximate surface area is 181 Å². The third-order valence-corrected chi connectivity index (χ3v) is 6.70. The highest BCUT2D eigenvalue weighted by molar-refractivity contribution is 5.80. The van der Waals surface area contributed by atoms with Crippen LogP contribution in [0.3, 0.4) is 0 Å². The molecule has 1 saturated carbocycles. The molecule has 166 valence electrons. The molecule has 2 heterocycles. The van der Waals surface area contributed by atoms with Crippen LogP contribution in [-0.2, 0) is 6.18 Å². The predicted molar refractivity (Wildman–Crippen MR) is 115 cm³/mol. The van der Waals surface area contributed by atoms with Gasteiger partial charge in [0.1, 0.15) is 11.5 Å². The topological polar surface area (TPSA) is 21.7 Å². The minimum absolute atomic E-state index is 0.182. The van der Waals surface area contributed by atoms with E-state index in [1.54, 1.807) is 19.9 Å². The molecule has 6 heteroatoms. The molecule has 0 spiro atoms. The lowest BCUT2D eigenvalue weighted by Gasteiger charge is -2.32. The lowest BCUT2D eigenvalue weighted by atomic mass is 9.81. The van der Waals surface area contributed by atoms with Crippen LogP contribution in [0.15, 0.2) is 30.3 Å². The number of hydrogen-bond donors (Lipinski definition) is 0. The monoisotopic (exact) mass is 431 g/mol. The molecule has 0 N–H and O–H groups in total. The van der Waals surface area contributed by atoms with Gasteiger partial charge in [-0.3, -0.25) is 0 Å². The summed E-state index contributed by atoms with van der Waals surface area (Å²) >= 11 is 0. The molecule has 0 aromatic heterocycles. The van der Waals surface area contributed by atoms with Crippen LogP contribution in [0.25, 0.3) is 11.1 Å². The van der Waals surface area contributed by atoms with E-state index in [1.807, 2.05) is 12.1 Å². The molecule has 0 radical (unpaired) electrons. The highest BCUT2D eigenvalue weighted by atomic mass is 19.4. The largest absolute Gasteiger partial charge is 0.491 e. The molecule has 5 rings (SSSR count). The lowest BCUT2D eigenvalue weighted by Crippen LogP contribution is -2.36. The Morgan fingerprint density at radius 3 is 2.65 bits per heavy atom. The minimum Gasteiger partial charge on any atom is -0.491 e. The molecule has 31 heavy (non-hydrogen) atoms. The Balaban J connectivity index is 1.65. The third-order valence-electron chi connectivity index (χ3n) is 6.70. The zero-order chi connectivity index (χ0) is 21.8. The summed E-state index contributed by atoms with van der Waals surface area (Å²) in [6.07, 6.45) is 0.880. The van der Waals surface area contributed by atoms with Gasteiger partial charge in [-0.25, -0.2) is 0 Å². The predicted octanol–water partition coefficient (Wildman–Crippen LogP) is 6.79. The Morgan fingerprint density at radius 2 is 1.87 bits per heavy atom. The summed E-state index contributed by atoms with van der Waals surface area (Å²) < 4.78 is 53.7. The van der Waals surface area contributed by atoms with Crippen LogP contribution < -0.4 is 14.4 Å². The molecule has 0 saturated heterocycles. The summed E-state index contributed by atoms with van der Waals surface area (Å²) in [4.78, 5) is 2.47. The summed E-state index contributed by atoms with van der Waals surface area (Å²) in [5, 5.41) is 0. The van der Waals surface area contributed by atoms with Crippen LogP contribution in [0.5, 0.6) is 11.5 Å². The normalized spacial score (nSPS) is 22.6. The van der Waals surface area contributed by atoms with Gasteiger partial charge < -0.3 is 14.4 Å². The fourth-order valence-electron chi connectivity index (χ4n) is 5.55. The summed E-state index contributed by atoms with van der Waals surface area (Å²) in [7, 11) is 0. The smallest absolute Gasteiger partial charge is 0.417 e. The Bertz CT molecular complexity index is 985. The summed E-state index contributed by atoms with van der Waals surface area (Å²) in [6, 6.07) is 8.54. The van der Waals surface area contributed by atoms with E-state index in [0.29, 0.717) is 24.1 Å². The molecular weight excluding hydrogens is 403 g/mol. The molecular formula is C25H28F3NO2. The van der Waals surface area contributed by atoms with E-state index in [0.717, 1.165) is 48.9 Å². The van der Waals surface area contributed by atoms with Gasteiger partial charge in [-0.05, 0) is 74.1 Å². The van der Waals surface area contributed by atoms with E-state index >= 15 is 0 Å². The number of hydrogen-bond acceptors (Lipinski definition) is 3. The Morgan fingerprint density at radius 1 is 1.06 bits per heavy atom. The van der Waals surface area contributed by atoms with E-state index < -0.39 is 11.7 Å². The van der Waals surface area contributed by atoms with Gasteiger partial charge >= 0.3 is 6.18 Å². The first-order valence-electron chi connectivity index (χ1n) is 11.3. The molecule has 0 amide bonds. The SMILES string of the molecule is CC(C)Oc1ccc(-c2cc3c4c(c2)[C@@H]2CCCC[C@@H]2N4CCCO3)c(C(F)(F)F)c1. The fraction of sp³-hybridized carbons (Fsp3) is 0.520. The average molecular weight is 431 g/mol. The first-order valence-corrected chi connectivity index (χ1v) is 11.3. The van der Waals surface area contributed by atoms with Crippen molar-refractivity contribution in [2.45, 2.75) is 70.2 Å². The molecule has 3 nitrogen and oxygen atoms in total. The maximum atomic E-state index is 14.0. The number of benzene rings is 2. The molecule has 2 aliphatic heterocycles. The summed E-state index contributed by atoms with van der Waals surface area (Å²) in [5.41, 5.74) is 2.37. The van der Waals surface area contributed by atoms with Crippen molar-refractivity contribution in [2.75, 3.05) is 18.1 Å². The summed E-state index contributed by atoms with van der Waals surface area (Å²) in [6.45, 7) is 5.16. The standard InChI is InChI=1S/C25H28F3NO2/c1-15(2)31-17-8-9-18(21(14-17)25(26,27)28)16-12-20-19-6-3-4-7-22(19)29-10-5-11-30-23(13-16)24(20)29/h8-9,12-15,19,22H,3-7,10-11H2,1-2H3/t19-,22-/m0/s1. The van der Waals surface area contributed by atoms with Crippen molar-refractivity contribution in [3.05, 3.63) is 41.5 Å². The Hall–Kier alpha value is -2.37. The van der Waals surface area contributed by atoms with Crippen LogP contribution >= 0.6 is 0 Å². The average Bonchev–Trinajstić information content (AvgIpc) is 2.88. The quantitative estimate of drug-likeness (QED) is 0.534. The fourth-order valence-corrected chi connectivity index (χ4v) is 5.55. The van der Waals surface area contributed by atoms with Crippen LogP contribution in [-0.4, -0.2) is 25.3 Å². The van der Waals surface area contributed by atoms with Crippen molar-refractivity contribution in [1.82, 2.24) is 0 Å². The van der Waals surface area contributed by atoms with Crippen molar-refractivity contribution in [3.8, 4) is 22.6 Å². The maximum absolute atomic E-state index is 14.0. The van der Waals surface area contributed by atoms with Crippen molar-refractivity contribution in [3.63, 3.8) is 0 Å². The van der Waals surface area contributed by atoms with Crippen LogP contribution in [0.4, 0.5) is 18.9 Å². The van der Waals surface area contributed by atoms with E-state index in [-0.39, 0.29) is 17.4 Å². The van der Waals surface area contributed by atoms with Crippen molar-refractivity contribution < 1.29 is 22.6 Å². The number of nitrogens with zero attached hydrogens (tertiary/aromatic N) is 1. The number of fused-ring (bicyclic) bond motifs is 3. The molecule has 2 atom stereocenters. The number of rotatable bonds is 3. The molecule has 2 aromatic carbocycles. The van der Waals surface area contributed by atoms with Gasteiger partial charge in [0.2, 0.25) is 0 Å². The number of halogens is 3. The van der Waals surface area contributed by atoms with E-state index in [2.05, 4.69) is 4.90 Å². The van der Waals surface area contributed by atoms with Gasteiger partial charge in [0, 0.05) is 18.5 Å². The zero-order valence-electron chi connectivity index (χ0n) is 18.0. The van der Waals surface area contributed by atoms with Gasteiger partial charge in [-0.2, -0.15) is 13.2 Å². The highest BCUT2D eigenvalue weighted by Crippen LogP contribution is 2.54. The number of ether oxygens (including phenoxy) is 2. The Kier molecular flexibility index (Phi) is 5.06. The van der Waals surface area contributed by atoms with E-state index in [1.165, 1.54) is 18.9 Å². The second-order valence-corrected chi connectivity index (χ2v) is 9.14. The second kappa shape index (κ2) is 7.64. The molecule has 0 bridgehead atoms. The van der Waals surface area contributed by atoms with Crippen molar-refractivity contribution in [1.29, 1.82) is 0 Å². The van der Waals surface area contributed by atoms with E-state index in [4.69, 9.17) is 9.47 Å². The van der Waals surface area contributed by atoms with Crippen LogP contribution in [0.2, 0.25) is 0 Å². The number of alkyl halides is 3. The van der Waals surface area contributed by atoms with Gasteiger partial charge in [-0.1, -0.05) is 18.9 Å².